The number of anilines is 2. The Hall–Kier alpha value is -4.33. The first-order valence-electron chi connectivity index (χ1n) is 9.42. The summed E-state index contributed by atoms with van der Waals surface area (Å²) in [7, 11) is 0. The van der Waals surface area contributed by atoms with Crippen LogP contribution in [-0.2, 0) is 9.53 Å². The molecule has 3 amide bonds. The molecule has 0 saturated carbocycles. The second-order valence-electron chi connectivity index (χ2n) is 6.55. The number of esters is 1. The Balaban J connectivity index is 1.55. The second-order valence-corrected chi connectivity index (χ2v) is 6.55. The molecule has 3 aromatic carbocycles. The molecule has 0 unspecified atom stereocenters. The second kappa shape index (κ2) is 9.93. The van der Waals surface area contributed by atoms with Crippen LogP contribution in [0.1, 0.15) is 17.3 Å². The molecule has 0 aliphatic carbocycles. The van der Waals surface area contributed by atoms with Crippen LogP contribution in [0.4, 0.5) is 16.2 Å². The Kier molecular flexibility index (Phi) is 6.85. The van der Waals surface area contributed by atoms with E-state index in [1.165, 1.54) is 19.1 Å². The zero-order chi connectivity index (χ0) is 22.2. The number of para-hydroxylation sites is 1. The van der Waals surface area contributed by atoms with Crippen LogP contribution in [0.5, 0.6) is 11.5 Å². The minimum atomic E-state index is -1.04. The molecule has 0 spiro atoms. The van der Waals surface area contributed by atoms with E-state index in [1.54, 1.807) is 36.4 Å². The number of carbonyl (C=O) groups is 3. The van der Waals surface area contributed by atoms with Crippen molar-refractivity contribution in [1.29, 1.82) is 0 Å². The van der Waals surface area contributed by atoms with Crippen molar-refractivity contribution in [3.8, 4) is 11.5 Å². The molecule has 0 bridgehead atoms. The molecule has 0 fully saturated rings. The predicted octanol–water partition coefficient (Wildman–Crippen LogP) is 4.15. The Morgan fingerprint density at radius 2 is 1.48 bits per heavy atom. The number of hydrogen-bond acceptors (Lipinski definition) is 5. The van der Waals surface area contributed by atoms with E-state index in [0.717, 1.165) is 0 Å². The van der Waals surface area contributed by atoms with Crippen molar-refractivity contribution in [3.63, 3.8) is 0 Å². The van der Waals surface area contributed by atoms with Gasteiger partial charge in [-0.1, -0.05) is 24.3 Å². The molecule has 8 nitrogen and oxygen atoms in total. The quantitative estimate of drug-likeness (QED) is 0.497. The summed E-state index contributed by atoms with van der Waals surface area (Å²) in [6.45, 7) is 1.46. The molecule has 158 valence electrons. The summed E-state index contributed by atoms with van der Waals surface area (Å²) in [5, 5.41) is 5.05. The molecule has 0 heterocycles. The molecule has 0 saturated heterocycles. The number of nitrogens with one attached hydrogen (secondary N) is 2. The lowest BCUT2D eigenvalue weighted by Crippen LogP contribution is -2.30. The van der Waals surface area contributed by atoms with Crippen LogP contribution in [0, 0.1) is 0 Å². The lowest BCUT2D eigenvalue weighted by Gasteiger charge is -2.14. The fourth-order valence-electron chi connectivity index (χ4n) is 2.62. The number of primary amides is 1. The highest BCUT2D eigenvalue weighted by atomic mass is 16.5. The number of urea groups is 1. The number of ether oxygens (including phenoxy) is 2. The van der Waals surface area contributed by atoms with Gasteiger partial charge in [0, 0.05) is 11.4 Å². The smallest absolute Gasteiger partial charge is 0.338 e. The van der Waals surface area contributed by atoms with Crippen LogP contribution in [0.25, 0.3) is 0 Å². The zero-order valence-electron chi connectivity index (χ0n) is 16.7. The third-order valence-electron chi connectivity index (χ3n) is 4.12. The molecular formula is C23H21N3O5. The molecule has 3 rings (SSSR count). The van der Waals surface area contributed by atoms with Gasteiger partial charge in [-0.05, 0) is 61.5 Å². The Morgan fingerprint density at radius 1 is 0.806 bits per heavy atom. The molecule has 3 aromatic rings. The standard InChI is InChI=1S/C23H21N3O5/c1-15(30-22(28)16-6-5-7-18(14-16)26-23(24)29)21(27)25-17-10-12-20(13-11-17)31-19-8-3-2-4-9-19/h2-15H,1H3,(H,25,27)(H3,24,26,29)/t15-/m0/s1. The Morgan fingerprint density at radius 3 is 2.16 bits per heavy atom. The number of nitrogens with two attached hydrogens (primary N) is 1. The van der Waals surface area contributed by atoms with E-state index in [-0.39, 0.29) is 5.56 Å². The predicted molar refractivity (Wildman–Crippen MR) is 116 cm³/mol. The van der Waals surface area contributed by atoms with Gasteiger partial charge in [0.05, 0.1) is 5.56 Å². The summed E-state index contributed by atoms with van der Waals surface area (Å²) >= 11 is 0. The fourth-order valence-corrected chi connectivity index (χ4v) is 2.62. The monoisotopic (exact) mass is 419 g/mol. The van der Waals surface area contributed by atoms with Gasteiger partial charge in [-0.3, -0.25) is 4.79 Å². The van der Waals surface area contributed by atoms with E-state index in [1.807, 2.05) is 30.3 Å². The van der Waals surface area contributed by atoms with Gasteiger partial charge in [-0.15, -0.1) is 0 Å². The maximum atomic E-state index is 12.4. The molecule has 0 radical (unpaired) electrons. The zero-order valence-corrected chi connectivity index (χ0v) is 16.7. The van der Waals surface area contributed by atoms with Gasteiger partial charge in [0.1, 0.15) is 11.5 Å². The van der Waals surface area contributed by atoms with Crippen molar-refractivity contribution in [2.45, 2.75) is 13.0 Å². The van der Waals surface area contributed by atoms with Gasteiger partial charge in [0.2, 0.25) is 0 Å². The summed E-state index contributed by atoms with van der Waals surface area (Å²) in [4.78, 5) is 35.6. The van der Waals surface area contributed by atoms with E-state index >= 15 is 0 Å². The highest BCUT2D eigenvalue weighted by Gasteiger charge is 2.19. The van der Waals surface area contributed by atoms with Crippen LogP contribution in [0.15, 0.2) is 78.9 Å². The number of rotatable bonds is 7. The fraction of sp³-hybridized carbons (Fsp3) is 0.0870. The maximum absolute atomic E-state index is 12.4. The molecule has 0 aromatic heterocycles. The summed E-state index contributed by atoms with van der Waals surface area (Å²) < 4.78 is 10.9. The van der Waals surface area contributed by atoms with Crippen LogP contribution in [0.2, 0.25) is 0 Å². The average Bonchev–Trinajstić information content (AvgIpc) is 2.75. The van der Waals surface area contributed by atoms with Gasteiger partial charge in [-0.2, -0.15) is 0 Å². The first-order valence-corrected chi connectivity index (χ1v) is 9.42. The van der Waals surface area contributed by atoms with E-state index in [4.69, 9.17) is 15.2 Å². The summed E-state index contributed by atoms with van der Waals surface area (Å²) in [5.74, 6) is 0.127. The highest BCUT2D eigenvalue weighted by Crippen LogP contribution is 2.22. The van der Waals surface area contributed by atoms with Crippen molar-refractivity contribution in [1.82, 2.24) is 0 Å². The molecule has 31 heavy (non-hydrogen) atoms. The van der Waals surface area contributed by atoms with Gasteiger partial charge < -0.3 is 25.8 Å². The normalized spacial score (nSPS) is 11.1. The van der Waals surface area contributed by atoms with Gasteiger partial charge in [0.15, 0.2) is 6.10 Å². The van der Waals surface area contributed by atoms with Crippen molar-refractivity contribution in [2.75, 3.05) is 10.6 Å². The van der Waals surface area contributed by atoms with Gasteiger partial charge in [-0.25, -0.2) is 9.59 Å². The molecule has 4 N–H and O–H groups in total. The summed E-state index contributed by atoms with van der Waals surface area (Å²) in [6, 6.07) is 21.4. The van der Waals surface area contributed by atoms with Gasteiger partial charge in [0.25, 0.3) is 5.91 Å². The Labute approximate surface area is 179 Å². The number of amides is 3. The number of carbonyl (C=O) groups excluding carboxylic acids is 3. The largest absolute Gasteiger partial charge is 0.457 e. The molecule has 8 heteroatoms. The first kappa shape index (κ1) is 21.4. The van der Waals surface area contributed by atoms with Crippen molar-refractivity contribution < 1.29 is 23.9 Å². The van der Waals surface area contributed by atoms with Crippen molar-refractivity contribution >= 4 is 29.3 Å². The van der Waals surface area contributed by atoms with Gasteiger partial charge >= 0.3 is 12.0 Å². The molecule has 0 aliphatic rings. The number of benzene rings is 3. The minimum Gasteiger partial charge on any atom is -0.457 e. The third-order valence-corrected chi connectivity index (χ3v) is 4.12. The van der Waals surface area contributed by atoms with Crippen LogP contribution >= 0.6 is 0 Å². The van der Waals surface area contributed by atoms with Crippen LogP contribution < -0.4 is 21.1 Å². The lowest BCUT2D eigenvalue weighted by atomic mass is 10.2. The van der Waals surface area contributed by atoms with E-state index < -0.39 is 24.0 Å². The van der Waals surface area contributed by atoms with Crippen LogP contribution in [-0.4, -0.2) is 24.0 Å². The highest BCUT2D eigenvalue weighted by molar-refractivity contribution is 5.98. The molecular weight excluding hydrogens is 398 g/mol. The van der Waals surface area contributed by atoms with Crippen LogP contribution in [0.3, 0.4) is 0 Å². The topological polar surface area (TPSA) is 120 Å². The maximum Gasteiger partial charge on any atom is 0.338 e. The van der Waals surface area contributed by atoms with Crippen molar-refractivity contribution in [3.05, 3.63) is 84.4 Å². The lowest BCUT2D eigenvalue weighted by molar-refractivity contribution is -0.123. The first-order chi connectivity index (χ1) is 14.9. The SMILES string of the molecule is C[C@H](OC(=O)c1cccc(NC(N)=O)c1)C(=O)Nc1ccc(Oc2ccccc2)cc1. The van der Waals surface area contributed by atoms with E-state index in [0.29, 0.717) is 22.9 Å². The van der Waals surface area contributed by atoms with Crippen molar-refractivity contribution in [2.24, 2.45) is 5.73 Å². The molecule has 1 atom stereocenters. The summed E-state index contributed by atoms with van der Waals surface area (Å²) in [6.07, 6.45) is -1.04. The average molecular weight is 419 g/mol. The van der Waals surface area contributed by atoms with E-state index in [9.17, 15) is 14.4 Å². The Bertz CT molecular complexity index is 1070. The summed E-state index contributed by atoms with van der Waals surface area (Å²) in [5.41, 5.74) is 6.11. The number of hydrogen-bond donors (Lipinski definition) is 3. The third kappa shape index (κ3) is 6.33. The van der Waals surface area contributed by atoms with E-state index in [2.05, 4.69) is 10.6 Å². The minimum absolute atomic E-state index is 0.174. The molecule has 0 aliphatic heterocycles.